The topological polar surface area (TPSA) is 27.7 Å². The minimum atomic E-state index is -0.889. The van der Waals surface area contributed by atoms with Gasteiger partial charge in [-0.3, -0.25) is 0 Å². The van der Waals surface area contributed by atoms with Crippen LogP contribution in [0.1, 0.15) is 12.8 Å². The molecule has 1 fully saturated rings. The molecule has 1 rings (SSSR count). The largest absolute Gasteiger partial charge is 0.330 e. The van der Waals surface area contributed by atoms with Gasteiger partial charge in [-0.25, -0.2) is 0 Å². The van der Waals surface area contributed by atoms with Crippen LogP contribution < -0.4 is 0 Å². The third-order valence-electron chi connectivity index (χ3n) is 2.27. The van der Waals surface area contributed by atoms with Gasteiger partial charge in [-0.05, 0) is 12.8 Å². The van der Waals surface area contributed by atoms with Gasteiger partial charge in [-0.1, -0.05) is 6.08 Å². The van der Waals surface area contributed by atoms with Crippen LogP contribution in [0.25, 0.3) is 0 Å². The van der Waals surface area contributed by atoms with E-state index in [9.17, 15) is 0 Å². The molecule has 0 radical (unpaired) electrons. The maximum Gasteiger partial charge on any atom is 0.289 e. The first-order valence-electron chi connectivity index (χ1n) is 4.16. The van der Waals surface area contributed by atoms with Crippen LogP contribution >= 0.6 is 0 Å². The molecule has 0 aliphatic carbocycles. The predicted octanol–water partition coefficient (Wildman–Crippen LogP) is 1.55. The Bertz CT molecular complexity index is 152. The van der Waals surface area contributed by atoms with Crippen molar-refractivity contribution in [3.05, 3.63) is 12.7 Å². The minimum Gasteiger partial charge on any atom is -0.330 e. The third-order valence-corrected chi connectivity index (χ3v) is 2.27. The van der Waals surface area contributed by atoms with Crippen LogP contribution in [-0.4, -0.2) is 26.8 Å². The van der Waals surface area contributed by atoms with Gasteiger partial charge in [0.05, 0.1) is 12.5 Å². The Hall–Kier alpha value is -0.380. The summed E-state index contributed by atoms with van der Waals surface area (Å²) in [5.41, 5.74) is 0. The summed E-state index contributed by atoms with van der Waals surface area (Å²) >= 11 is 0. The van der Waals surface area contributed by atoms with Gasteiger partial charge in [-0.15, -0.1) is 6.58 Å². The molecule has 1 heterocycles. The zero-order valence-electron chi connectivity index (χ0n) is 7.71. The van der Waals surface area contributed by atoms with Crippen molar-refractivity contribution in [2.75, 3.05) is 20.8 Å². The fourth-order valence-corrected chi connectivity index (χ4v) is 1.57. The SMILES string of the molecule is C=CC1CCCOC1(OC)OC. The second-order valence-electron chi connectivity index (χ2n) is 2.84. The van der Waals surface area contributed by atoms with E-state index in [0.717, 1.165) is 12.8 Å². The molecule has 0 N–H and O–H groups in total. The minimum absolute atomic E-state index is 0.126. The lowest BCUT2D eigenvalue weighted by atomic mass is 9.98. The molecule has 1 aliphatic heterocycles. The van der Waals surface area contributed by atoms with Crippen molar-refractivity contribution >= 4 is 0 Å². The molecule has 0 bridgehead atoms. The van der Waals surface area contributed by atoms with E-state index in [4.69, 9.17) is 14.2 Å². The van der Waals surface area contributed by atoms with Crippen LogP contribution in [-0.2, 0) is 14.2 Å². The van der Waals surface area contributed by atoms with Crippen molar-refractivity contribution in [2.45, 2.75) is 18.8 Å². The van der Waals surface area contributed by atoms with Crippen molar-refractivity contribution < 1.29 is 14.2 Å². The second kappa shape index (κ2) is 4.03. The smallest absolute Gasteiger partial charge is 0.289 e. The van der Waals surface area contributed by atoms with Crippen LogP contribution in [0.4, 0.5) is 0 Å². The van der Waals surface area contributed by atoms with Gasteiger partial charge >= 0.3 is 0 Å². The van der Waals surface area contributed by atoms with Crippen LogP contribution in [0.2, 0.25) is 0 Å². The highest BCUT2D eigenvalue weighted by atomic mass is 16.9. The third kappa shape index (κ3) is 1.53. The number of rotatable bonds is 3. The molecule has 12 heavy (non-hydrogen) atoms. The van der Waals surface area contributed by atoms with Gasteiger partial charge in [-0.2, -0.15) is 0 Å². The lowest BCUT2D eigenvalue weighted by molar-refractivity contribution is -0.392. The lowest BCUT2D eigenvalue weighted by Crippen LogP contribution is -2.47. The molecule has 1 atom stereocenters. The van der Waals surface area contributed by atoms with Crippen molar-refractivity contribution in [3.8, 4) is 0 Å². The maximum absolute atomic E-state index is 5.45. The van der Waals surface area contributed by atoms with E-state index in [1.807, 2.05) is 6.08 Å². The first kappa shape index (κ1) is 9.71. The average Bonchev–Trinajstić information content (AvgIpc) is 2.17. The van der Waals surface area contributed by atoms with Crippen LogP contribution in [0.5, 0.6) is 0 Å². The van der Waals surface area contributed by atoms with Gasteiger partial charge in [0.25, 0.3) is 5.97 Å². The normalized spacial score (nSPS) is 28.3. The maximum atomic E-state index is 5.45. The molecule has 1 unspecified atom stereocenters. The summed E-state index contributed by atoms with van der Waals surface area (Å²) in [4.78, 5) is 0. The van der Waals surface area contributed by atoms with Gasteiger partial charge in [0.15, 0.2) is 0 Å². The Morgan fingerprint density at radius 2 is 2.17 bits per heavy atom. The van der Waals surface area contributed by atoms with E-state index in [1.54, 1.807) is 14.2 Å². The second-order valence-corrected chi connectivity index (χ2v) is 2.84. The Morgan fingerprint density at radius 1 is 1.50 bits per heavy atom. The molecule has 3 heteroatoms. The van der Waals surface area contributed by atoms with Crippen LogP contribution in [0.3, 0.4) is 0 Å². The van der Waals surface area contributed by atoms with Crippen molar-refractivity contribution in [2.24, 2.45) is 5.92 Å². The Labute approximate surface area is 73.3 Å². The van der Waals surface area contributed by atoms with Gasteiger partial charge in [0.2, 0.25) is 0 Å². The summed E-state index contributed by atoms with van der Waals surface area (Å²) in [5.74, 6) is -0.763. The van der Waals surface area contributed by atoms with Crippen molar-refractivity contribution in [3.63, 3.8) is 0 Å². The lowest BCUT2D eigenvalue weighted by Gasteiger charge is -2.39. The average molecular weight is 172 g/mol. The van der Waals surface area contributed by atoms with E-state index in [-0.39, 0.29) is 5.92 Å². The van der Waals surface area contributed by atoms with E-state index in [0.29, 0.717) is 6.61 Å². The summed E-state index contributed by atoms with van der Waals surface area (Å²) in [6, 6.07) is 0. The molecule has 1 saturated heterocycles. The standard InChI is InChI=1S/C9H16O3/c1-4-8-6-5-7-12-9(8,10-2)11-3/h4,8H,1,5-7H2,2-3H3. The van der Waals surface area contributed by atoms with E-state index in [1.165, 1.54) is 0 Å². The Kier molecular flexibility index (Phi) is 3.26. The molecule has 1 aliphatic rings. The Morgan fingerprint density at radius 3 is 2.58 bits per heavy atom. The molecule has 0 spiro atoms. The number of methoxy groups -OCH3 is 2. The molecule has 70 valence electrons. The Balaban J connectivity index is 2.72. The molecule has 0 aromatic heterocycles. The number of hydrogen-bond donors (Lipinski definition) is 0. The van der Waals surface area contributed by atoms with Crippen LogP contribution in [0, 0.1) is 5.92 Å². The summed E-state index contributed by atoms with van der Waals surface area (Å²) < 4.78 is 15.9. The predicted molar refractivity (Wildman–Crippen MR) is 45.6 cm³/mol. The van der Waals surface area contributed by atoms with E-state index < -0.39 is 5.97 Å². The molecule has 0 aromatic rings. The summed E-state index contributed by atoms with van der Waals surface area (Å²) in [5, 5.41) is 0. The number of hydrogen-bond acceptors (Lipinski definition) is 3. The van der Waals surface area contributed by atoms with E-state index >= 15 is 0 Å². The molecular formula is C9H16O3. The highest BCUT2D eigenvalue weighted by Crippen LogP contribution is 2.33. The van der Waals surface area contributed by atoms with Crippen molar-refractivity contribution in [1.82, 2.24) is 0 Å². The van der Waals surface area contributed by atoms with Crippen LogP contribution in [0.15, 0.2) is 12.7 Å². The van der Waals surface area contributed by atoms with Gasteiger partial charge < -0.3 is 14.2 Å². The molecular weight excluding hydrogens is 156 g/mol. The highest BCUT2D eigenvalue weighted by molar-refractivity contribution is 4.88. The highest BCUT2D eigenvalue weighted by Gasteiger charge is 2.41. The first-order chi connectivity index (χ1) is 5.79. The molecule has 0 amide bonds. The zero-order chi connectivity index (χ0) is 9.03. The monoisotopic (exact) mass is 172 g/mol. The molecule has 0 saturated carbocycles. The fourth-order valence-electron chi connectivity index (χ4n) is 1.57. The van der Waals surface area contributed by atoms with E-state index in [2.05, 4.69) is 6.58 Å². The summed E-state index contributed by atoms with van der Waals surface area (Å²) in [6.45, 7) is 4.42. The first-order valence-corrected chi connectivity index (χ1v) is 4.16. The zero-order valence-corrected chi connectivity index (χ0v) is 7.71. The van der Waals surface area contributed by atoms with Crippen molar-refractivity contribution in [1.29, 1.82) is 0 Å². The fraction of sp³-hybridized carbons (Fsp3) is 0.778. The summed E-state index contributed by atoms with van der Waals surface area (Å²) in [6.07, 6.45) is 3.86. The molecule has 3 nitrogen and oxygen atoms in total. The molecule has 0 aromatic carbocycles. The number of ether oxygens (including phenoxy) is 3. The van der Waals surface area contributed by atoms with Gasteiger partial charge in [0, 0.05) is 14.2 Å². The van der Waals surface area contributed by atoms with Gasteiger partial charge in [0.1, 0.15) is 0 Å². The summed E-state index contributed by atoms with van der Waals surface area (Å²) in [7, 11) is 3.18. The quantitative estimate of drug-likeness (QED) is 0.477.